The van der Waals surface area contributed by atoms with Crippen LogP contribution in [0.1, 0.15) is 272 Å². The van der Waals surface area contributed by atoms with E-state index in [1.165, 1.54) is 19.3 Å². The molecule has 0 radical (unpaired) electrons. The minimum atomic E-state index is -5.01. The molecule has 0 saturated carbocycles. The number of ether oxygens (including phenoxy) is 4. The number of hydrogen-bond donors (Lipinski definition) is 3. The van der Waals surface area contributed by atoms with E-state index in [-0.39, 0.29) is 25.7 Å². The van der Waals surface area contributed by atoms with Crippen molar-refractivity contribution in [2.45, 2.75) is 290 Å². The highest BCUT2D eigenvalue weighted by Crippen LogP contribution is 2.45. The third-order valence-electron chi connectivity index (χ3n) is 15.5. The van der Waals surface area contributed by atoms with Crippen LogP contribution in [0.4, 0.5) is 0 Å². The molecule has 0 aliphatic carbocycles. The molecular weight excluding hydrogens is 1380 g/mol. The Kier molecular flexibility index (Phi) is 72.6. The van der Waals surface area contributed by atoms with Gasteiger partial charge in [0.1, 0.15) is 19.3 Å². The lowest BCUT2D eigenvalue weighted by Gasteiger charge is -2.21. The maximum atomic E-state index is 13.1. The highest BCUT2D eigenvalue weighted by Gasteiger charge is 2.30. The summed E-state index contributed by atoms with van der Waals surface area (Å²) in [4.78, 5) is 72.9. The summed E-state index contributed by atoms with van der Waals surface area (Å²) >= 11 is 0. The molecule has 0 aliphatic rings. The molecule has 0 fully saturated rings. The normalized spacial score (nSPS) is 14.9. The quantitative estimate of drug-likeness (QED) is 0.0169. The molecule has 0 bridgehead atoms. The summed E-state index contributed by atoms with van der Waals surface area (Å²) in [5, 5.41) is 10.6. The van der Waals surface area contributed by atoms with Gasteiger partial charge in [-0.2, -0.15) is 0 Å². The summed E-state index contributed by atoms with van der Waals surface area (Å²) in [6, 6.07) is 0. The van der Waals surface area contributed by atoms with E-state index in [0.29, 0.717) is 38.5 Å². The monoisotopic (exact) mass is 1520 g/mol. The Hall–Kier alpha value is -6.10. The van der Waals surface area contributed by atoms with Gasteiger partial charge >= 0.3 is 39.5 Å². The topological polar surface area (TPSA) is 237 Å². The highest BCUT2D eigenvalue weighted by molar-refractivity contribution is 7.47. The van der Waals surface area contributed by atoms with E-state index >= 15 is 0 Å². The first-order chi connectivity index (χ1) is 51.7. The Morgan fingerprint density at radius 1 is 0.274 bits per heavy atom. The van der Waals surface area contributed by atoms with Crippen LogP contribution in [0.5, 0.6) is 0 Å². The van der Waals surface area contributed by atoms with Gasteiger partial charge in [-0.15, -0.1) is 0 Å². The minimum absolute atomic E-state index is 0.0242. The van der Waals surface area contributed by atoms with Gasteiger partial charge in [0.2, 0.25) is 0 Å². The van der Waals surface area contributed by atoms with Gasteiger partial charge in [-0.1, -0.05) is 280 Å². The largest absolute Gasteiger partial charge is 0.472 e. The maximum absolute atomic E-state index is 13.1. The number of carbonyl (C=O) groups excluding carboxylic acids is 4. The molecule has 598 valence electrons. The Balaban J connectivity index is 5.52. The van der Waals surface area contributed by atoms with Gasteiger partial charge < -0.3 is 33.8 Å². The van der Waals surface area contributed by atoms with E-state index in [9.17, 15) is 43.2 Å². The Labute approximate surface area is 640 Å². The van der Waals surface area contributed by atoms with Gasteiger partial charge in [0.15, 0.2) is 12.2 Å². The van der Waals surface area contributed by atoms with Gasteiger partial charge in [0, 0.05) is 25.7 Å². The standard InChI is InChI=1S/C87H138O17P2/c1-5-9-13-17-21-25-29-33-36-38-40-42-45-48-51-55-59-63-67-71-84(89)97-77-82(103-86(91)73-69-65-61-57-53-47-32-28-24-20-16-12-8-4)79-101-105(93,94)99-75-81(88)76-100-106(95,96)102-80-83(104-87(92)74-70-66-62-58-54-50-44-35-31-27-23-19-15-11-7-3)78-98-85(90)72-68-64-60-56-52-49-46-43-41-39-37-34-30-26-22-18-14-10-6-2/h9-10,13-14,16,20-23,25-28,32-37,40-44,48-49,51-52,59-60,63-64,81-83,88H,5-8,11-12,15,17-19,24,29-31,38-39,45-47,50,53-58,61-62,65-80H2,1-4H3,(H,93,94)(H,95,96)/b13-9-,14-10-,20-16-,25-21-,26-22-,27-23-,32-28-,36-33-,37-34-,42-40-,43-41-,44-35-,51-48-,52-49-,63-59-,64-60-. The van der Waals surface area contributed by atoms with Crippen LogP contribution in [0.15, 0.2) is 194 Å². The van der Waals surface area contributed by atoms with Gasteiger partial charge in [-0.25, -0.2) is 9.13 Å². The van der Waals surface area contributed by atoms with Crippen molar-refractivity contribution >= 4 is 39.5 Å². The van der Waals surface area contributed by atoms with Crippen LogP contribution in [0.25, 0.3) is 0 Å². The number of aliphatic hydroxyl groups is 1. The van der Waals surface area contributed by atoms with Gasteiger partial charge in [-0.3, -0.25) is 37.3 Å². The lowest BCUT2D eigenvalue weighted by molar-refractivity contribution is -0.161. The van der Waals surface area contributed by atoms with Crippen molar-refractivity contribution in [2.24, 2.45) is 0 Å². The van der Waals surface area contributed by atoms with Crippen LogP contribution in [0, 0.1) is 0 Å². The zero-order valence-electron chi connectivity index (χ0n) is 65.3. The van der Waals surface area contributed by atoms with E-state index in [4.69, 9.17) is 37.0 Å². The molecule has 0 aliphatic heterocycles. The zero-order valence-corrected chi connectivity index (χ0v) is 67.1. The molecule has 19 heteroatoms. The number of rotatable bonds is 72. The minimum Gasteiger partial charge on any atom is -0.462 e. The number of phosphoric ester groups is 2. The summed E-state index contributed by atoms with van der Waals surface area (Å²) in [6.45, 7) is 4.32. The van der Waals surface area contributed by atoms with Gasteiger partial charge in [0.05, 0.1) is 26.4 Å². The molecule has 0 aromatic rings. The number of phosphoric acid groups is 2. The number of carbonyl (C=O) groups is 4. The second kappa shape index (κ2) is 77.1. The summed E-state index contributed by atoms with van der Waals surface area (Å²) in [6.07, 6.45) is 94.4. The average molecular weight is 1520 g/mol. The number of unbranched alkanes of at least 4 members (excludes halogenated alkanes) is 14. The van der Waals surface area contributed by atoms with Crippen LogP contribution in [0.2, 0.25) is 0 Å². The molecule has 0 spiro atoms. The molecular formula is C87H138O17P2. The fraction of sp³-hybridized carbons (Fsp3) is 0.586. The van der Waals surface area contributed by atoms with Crippen LogP contribution in [-0.4, -0.2) is 96.7 Å². The first-order valence-corrected chi connectivity index (χ1v) is 42.7. The molecule has 0 saturated heterocycles. The van der Waals surface area contributed by atoms with Crippen LogP contribution in [0.3, 0.4) is 0 Å². The van der Waals surface area contributed by atoms with E-state index in [1.54, 1.807) is 0 Å². The van der Waals surface area contributed by atoms with Crippen LogP contribution < -0.4 is 0 Å². The van der Waals surface area contributed by atoms with E-state index < -0.39 is 97.5 Å². The molecule has 0 rings (SSSR count). The van der Waals surface area contributed by atoms with Gasteiger partial charge in [-0.05, 0) is 161 Å². The molecule has 5 unspecified atom stereocenters. The van der Waals surface area contributed by atoms with Crippen molar-refractivity contribution in [3.8, 4) is 0 Å². The van der Waals surface area contributed by atoms with E-state index in [2.05, 4.69) is 186 Å². The molecule has 5 atom stereocenters. The lowest BCUT2D eigenvalue weighted by atomic mass is 10.1. The van der Waals surface area contributed by atoms with Crippen molar-refractivity contribution in [1.29, 1.82) is 0 Å². The Bertz CT molecular complexity index is 2780. The number of aliphatic hydroxyl groups excluding tert-OH is 1. The van der Waals surface area contributed by atoms with Crippen LogP contribution >= 0.6 is 15.6 Å². The Morgan fingerprint density at radius 3 is 0.830 bits per heavy atom. The lowest BCUT2D eigenvalue weighted by Crippen LogP contribution is -2.30. The maximum Gasteiger partial charge on any atom is 0.472 e. The summed E-state index contributed by atoms with van der Waals surface area (Å²) in [7, 11) is -10.0. The van der Waals surface area contributed by atoms with Crippen molar-refractivity contribution < 1.29 is 80.2 Å². The predicted octanol–water partition coefficient (Wildman–Crippen LogP) is 23.3. The fourth-order valence-corrected chi connectivity index (χ4v) is 11.2. The zero-order chi connectivity index (χ0) is 77.4. The smallest absolute Gasteiger partial charge is 0.462 e. The first kappa shape index (κ1) is 99.9. The molecule has 0 amide bonds. The number of esters is 4. The number of allylic oxidation sites excluding steroid dienone is 32. The van der Waals surface area contributed by atoms with Crippen molar-refractivity contribution in [2.75, 3.05) is 39.6 Å². The van der Waals surface area contributed by atoms with Crippen LogP contribution in [-0.2, 0) is 65.4 Å². The molecule has 0 heterocycles. The average Bonchev–Trinajstić information content (AvgIpc) is 0.901. The molecule has 0 aromatic carbocycles. The highest BCUT2D eigenvalue weighted by atomic mass is 31.2. The third kappa shape index (κ3) is 76.1. The molecule has 106 heavy (non-hydrogen) atoms. The van der Waals surface area contributed by atoms with Gasteiger partial charge in [0.25, 0.3) is 0 Å². The summed E-state index contributed by atoms with van der Waals surface area (Å²) < 4.78 is 68.4. The molecule has 3 N–H and O–H groups in total. The second-order valence-corrected chi connectivity index (χ2v) is 28.4. The molecule has 0 aromatic heterocycles. The molecule has 17 nitrogen and oxygen atoms in total. The number of hydrogen-bond acceptors (Lipinski definition) is 15. The van der Waals surface area contributed by atoms with E-state index in [0.717, 1.165) is 161 Å². The third-order valence-corrected chi connectivity index (χ3v) is 17.4. The predicted molar refractivity (Wildman–Crippen MR) is 436 cm³/mol. The van der Waals surface area contributed by atoms with Crippen molar-refractivity contribution in [3.05, 3.63) is 194 Å². The Morgan fingerprint density at radius 2 is 0.528 bits per heavy atom. The first-order valence-electron chi connectivity index (χ1n) is 39.7. The van der Waals surface area contributed by atoms with E-state index in [1.807, 2.05) is 36.5 Å². The fourth-order valence-electron chi connectivity index (χ4n) is 9.57. The summed E-state index contributed by atoms with van der Waals surface area (Å²) in [5.41, 5.74) is 0. The summed E-state index contributed by atoms with van der Waals surface area (Å²) in [5.74, 6) is -2.42. The van der Waals surface area contributed by atoms with Crippen molar-refractivity contribution in [3.63, 3.8) is 0 Å². The SMILES string of the molecule is CC/C=C\C/C=C\C/C=C\C/C=C\C/C=C\C/C=C\CCC(=O)OCC(COP(=O)(O)OCC(O)COP(=O)(O)OCC(COC(=O)CC/C=C\C/C=C\C/C=C\C/C=C\C/C=C\C/C=C\CC)OC(=O)CCCCCCC/C=C\C/C=C\CCCCC)OC(=O)CCCCCCC/C=C\C/C=C\CCC. The second-order valence-electron chi connectivity index (χ2n) is 25.5. The van der Waals surface area contributed by atoms with Crippen molar-refractivity contribution in [1.82, 2.24) is 0 Å².